The van der Waals surface area contributed by atoms with Gasteiger partial charge in [-0.15, -0.1) is 0 Å². The zero-order valence-corrected chi connectivity index (χ0v) is 17.5. The average molecular weight is 442 g/mol. The van der Waals surface area contributed by atoms with Crippen molar-refractivity contribution >= 4 is 6.03 Å². The first-order chi connectivity index (χ1) is 15.4. The highest BCUT2D eigenvalue weighted by Gasteiger charge is 2.39. The van der Waals surface area contributed by atoms with Gasteiger partial charge >= 0.3 is 12.2 Å². The van der Waals surface area contributed by atoms with E-state index in [2.05, 4.69) is 15.7 Å². The Bertz CT molecular complexity index is 1010. The van der Waals surface area contributed by atoms with E-state index in [9.17, 15) is 18.0 Å². The van der Waals surface area contributed by atoms with Crippen LogP contribution in [0.2, 0.25) is 0 Å². The van der Waals surface area contributed by atoms with Gasteiger partial charge in [-0.25, -0.2) is 4.79 Å². The molecule has 0 fully saturated rings. The Morgan fingerprint density at radius 3 is 2.16 bits per heavy atom. The molecule has 1 heterocycles. The minimum atomic E-state index is -4.46. The van der Waals surface area contributed by atoms with Crippen molar-refractivity contribution in [2.45, 2.75) is 44.4 Å². The highest BCUT2D eigenvalue weighted by atomic mass is 19.4. The number of nitrogens with zero attached hydrogens (tertiary/aromatic N) is 2. The van der Waals surface area contributed by atoms with E-state index in [-0.39, 0.29) is 25.2 Å². The highest BCUT2D eigenvalue weighted by Crippen LogP contribution is 2.35. The van der Waals surface area contributed by atoms with Crippen LogP contribution in [0, 0.1) is 0 Å². The molecule has 4 rings (SSSR count). The molecule has 8 heteroatoms. The number of fused-ring (bicyclic) bond motifs is 1. The average Bonchev–Trinajstić information content (AvgIpc) is 3.18. The van der Waals surface area contributed by atoms with Gasteiger partial charge in [-0.05, 0) is 36.8 Å². The third-order valence-electron chi connectivity index (χ3n) is 5.68. The molecule has 2 amide bonds. The van der Waals surface area contributed by atoms with E-state index in [0.717, 1.165) is 24.0 Å². The zero-order chi connectivity index (χ0) is 22.6. The third-order valence-corrected chi connectivity index (χ3v) is 5.68. The minimum Gasteiger partial charge on any atom is -0.336 e. The van der Waals surface area contributed by atoms with Gasteiger partial charge in [0.1, 0.15) is 0 Å². The van der Waals surface area contributed by atoms with Gasteiger partial charge < -0.3 is 10.6 Å². The first-order valence-electron chi connectivity index (χ1n) is 10.7. The molecule has 2 aromatic carbocycles. The first kappa shape index (κ1) is 21.9. The molecular weight excluding hydrogens is 417 g/mol. The summed E-state index contributed by atoms with van der Waals surface area (Å²) in [4.78, 5) is 12.6. The van der Waals surface area contributed by atoms with E-state index in [1.165, 1.54) is 4.68 Å². The van der Waals surface area contributed by atoms with Gasteiger partial charge in [-0.2, -0.15) is 18.3 Å². The van der Waals surface area contributed by atoms with E-state index in [1.54, 1.807) is 0 Å². The second kappa shape index (κ2) is 9.46. The maximum Gasteiger partial charge on any atom is 0.435 e. The highest BCUT2D eigenvalue weighted by molar-refractivity contribution is 5.75. The summed E-state index contributed by atoms with van der Waals surface area (Å²) in [6, 6.07) is 18.5. The largest absolute Gasteiger partial charge is 0.435 e. The lowest BCUT2D eigenvalue weighted by molar-refractivity contribution is -0.142. The fraction of sp³-hybridized carbons (Fsp3) is 0.333. The summed E-state index contributed by atoms with van der Waals surface area (Å²) in [5.41, 5.74) is 2.03. The van der Waals surface area contributed by atoms with E-state index in [1.807, 2.05) is 60.7 Å². The Hall–Kier alpha value is -3.29. The van der Waals surface area contributed by atoms with E-state index in [0.29, 0.717) is 24.1 Å². The van der Waals surface area contributed by atoms with Gasteiger partial charge in [0.2, 0.25) is 0 Å². The van der Waals surface area contributed by atoms with Gasteiger partial charge in [-0.1, -0.05) is 60.7 Å². The maximum atomic E-state index is 13.3. The number of alkyl halides is 3. The molecule has 0 bridgehead atoms. The van der Waals surface area contributed by atoms with E-state index >= 15 is 0 Å². The number of urea groups is 1. The van der Waals surface area contributed by atoms with Crippen LogP contribution in [0.4, 0.5) is 18.0 Å². The fourth-order valence-corrected chi connectivity index (χ4v) is 4.19. The molecule has 3 aromatic rings. The monoisotopic (exact) mass is 442 g/mol. The number of carbonyl (C=O) groups is 1. The number of halogens is 3. The lowest BCUT2D eigenvalue weighted by Crippen LogP contribution is -2.40. The van der Waals surface area contributed by atoms with Crippen LogP contribution in [-0.4, -0.2) is 22.4 Å². The normalized spacial score (nSPS) is 13.6. The SMILES string of the molecule is O=C(NCCn1nc(C(F)(F)F)c2c1CCCC2)NC(c1ccccc1)c1ccccc1. The van der Waals surface area contributed by atoms with Crippen molar-refractivity contribution in [1.82, 2.24) is 20.4 Å². The Labute approximate surface area is 184 Å². The molecule has 0 saturated heterocycles. The second-order valence-corrected chi connectivity index (χ2v) is 7.86. The minimum absolute atomic E-state index is 0.174. The zero-order valence-electron chi connectivity index (χ0n) is 17.5. The van der Waals surface area contributed by atoms with Crippen molar-refractivity contribution < 1.29 is 18.0 Å². The topological polar surface area (TPSA) is 59.0 Å². The van der Waals surface area contributed by atoms with Gasteiger partial charge in [0.05, 0.1) is 12.6 Å². The summed E-state index contributed by atoms with van der Waals surface area (Å²) < 4.78 is 41.5. The van der Waals surface area contributed by atoms with Gasteiger partial charge in [-0.3, -0.25) is 4.68 Å². The molecule has 1 aliphatic rings. The standard InChI is InChI=1S/C24H25F3N4O/c25-24(26,27)22-19-13-7-8-14-20(19)31(30-22)16-15-28-23(32)29-21(17-9-3-1-4-10-17)18-11-5-2-6-12-18/h1-6,9-12,21H,7-8,13-16H2,(H2,28,29,32). The summed E-state index contributed by atoms with van der Waals surface area (Å²) in [5, 5.41) is 9.57. The van der Waals surface area contributed by atoms with Crippen molar-refractivity contribution in [2.75, 3.05) is 6.54 Å². The van der Waals surface area contributed by atoms with E-state index < -0.39 is 11.9 Å². The van der Waals surface area contributed by atoms with Crippen molar-refractivity contribution in [3.05, 3.63) is 88.7 Å². The molecule has 168 valence electrons. The van der Waals surface area contributed by atoms with Gasteiger partial charge in [0.25, 0.3) is 0 Å². The molecule has 0 radical (unpaired) electrons. The van der Waals surface area contributed by atoms with Gasteiger partial charge in [0.15, 0.2) is 5.69 Å². The van der Waals surface area contributed by atoms with Crippen LogP contribution >= 0.6 is 0 Å². The molecule has 0 unspecified atom stereocenters. The molecule has 1 aliphatic carbocycles. The van der Waals surface area contributed by atoms with Crippen LogP contribution in [-0.2, 0) is 25.6 Å². The number of carbonyl (C=O) groups excluding carboxylic acids is 1. The number of benzene rings is 2. The summed E-state index contributed by atoms with van der Waals surface area (Å²) in [5.74, 6) is 0. The maximum absolute atomic E-state index is 13.3. The van der Waals surface area contributed by atoms with Crippen LogP contribution in [0.25, 0.3) is 0 Å². The smallest absolute Gasteiger partial charge is 0.336 e. The Balaban J connectivity index is 1.42. The molecule has 2 N–H and O–H groups in total. The fourth-order valence-electron chi connectivity index (χ4n) is 4.19. The van der Waals surface area contributed by atoms with Crippen LogP contribution in [0.3, 0.4) is 0 Å². The molecule has 0 aliphatic heterocycles. The Morgan fingerprint density at radius 2 is 1.56 bits per heavy atom. The second-order valence-electron chi connectivity index (χ2n) is 7.86. The molecule has 0 saturated carbocycles. The summed E-state index contributed by atoms with van der Waals surface area (Å²) in [6.07, 6.45) is -1.90. The van der Waals surface area contributed by atoms with Crippen molar-refractivity contribution in [3.63, 3.8) is 0 Å². The van der Waals surface area contributed by atoms with Crippen LogP contribution in [0.1, 0.15) is 47.0 Å². The predicted molar refractivity (Wildman–Crippen MR) is 115 cm³/mol. The van der Waals surface area contributed by atoms with Crippen LogP contribution in [0.15, 0.2) is 60.7 Å². The lowest BCUT2D eigenvalue weighted by atomic mass is 9.95. The Morgan fingerprint density at radius 1 is 0.969 bits per heavy atom. The summed E-state index contributed by atoms with van der Waals surface area (Å²) in [7, 11) is 0. The number of hydrogen-bond donors (Lipinski definition) is 2. The van der Waals surface area contributed by atoms with Crippen LogP contribution < -0.4 is 10.6 Å². The summed E-state index contributed by atoms with van der Waals surface area (Å²) >= 11 is 0. The van der Waals surface area contributed by atoms with Crippen LogP contribution in [0.5, 0.6) is 0 Å². The molecule has 0 spiro atoms. The molecule has 1 aromatic heterocycles. The Kier molecular flexibility index (Phi) is 6.48. The predicted octanol–water partition coefficient (Wildman–Crippen LogP) is 4.87. The number of rotatable bonds is 6. The quantitative estimate of drug-likeness (QED) is 0.572. The lowest BCUT2D eigenvalue weighted by Gasteiger charge is -2.20. The first-order valence-corrected chi connectivity index (χ1v) is 10.7. The van der Waals surface area contributed by atoms with Gasteiger partial charge in [0, 0.05) is 17.8 Å². The van der Waals surface area contributed by atoms with Crippen molar-refractivity contribution in [3.8, 4) is 0 Å². The molecular formula is C24H25F3N4O. The van der Waals surface area contributed by atoms with E-state index in [4.69, 9.17) is 0 Å². The van der Waals surface area contributed by atoms with Crippen molar-refractivity contribution in [2.24, 2.45) is 0 Å². The van der Waals surface area contributed by atoms with Crippen molar-refractivity contribution in [1.29, 1.82) is 0 Å². The molecule has 5 nitrogen and oxygen atoms in total. The number of hydrogen-bond acceptors (Lipinski definition) is 2. The number of aromatic nitrogens is 2. The number of amides is 2. The summed E-state index contributed by atoms with van der Waals surface area (Å²) in [6.45, 7) is 0.362. The molecule has 0 atom stereocenters. The third kappa shape index (κ3) is 4.95. The molecule has 32 heavy (non-hydrogen) atoms. The number of nitrogens with one attached hydrogen (secondary N) is 2.